The number of pyridine rings is 1. The molecule has 19 heavy (non-hydrogen) atoms. The maximum absolute atomic E-state index is 11.8. The molecule has 0 spiro atoms. The molecule has 0 atom stereocenters. The Kier molecular flexibility index (Phi) is 4.11. The van der Waals surface area contributed by atoms with E-state index in [-0.39, 0.29) is 11.1 Å². The predicted octanol–water partition coefficient (Wildman–Crippen LogP) is 2.00. The third-order valence-electron chi connectivity index (χ3n) is 2.64. The Labute approximate surface area is 114 Å². The number of carboxylic acids is 1. The first-order chi connectivity index (χ1) is 9.10. The van der Waals surface area contributed by atoms with Crippen LogP contribution in [0.25, 0.3) is 0 Å². The number of hydrogen-bond donors (Lipinski definition) is 1. The molecule has 6 heteroatoms. The summed E-state index contributed by atoms with van der Waals surface area (Å²) in [7, 11) is 0. The molecule has 0 saturated carbocycles. The lowest BCUT2D eigenvalue weighted by atomic mass is 10.2. The molecule has 2 rings (SSSR count). The monoisotopic (exact) mass is 278 g/mol. The van der Waals surface area contributed by atoms with Crippen molar-refractivity contribution in [3.05, 3.63) is 50.3 Å². The van der Waals surface area contributed by atoms with Gasteiger partial charge < -0.3 is 9.67 Å². The average Bonchev–Trinajstić information content (AvgIpc) is 2.79. The van der Waals surface area contributed by atoms with Gasteiger partial charge in [0.15, 0.2) is 0 Å². The Morgan fingerprint density at radius 3 is 2.95 bits per heavy atom. The Morgan fingerprint density at radius 1 is 1.53 bits per heavy atom. The first kappa shape index (κ1) is 13.5. The molecule has 0 aromatic carbocycles. The molecule has 0 aliphatic rings. The molecule has 100 valence electrons. The summed E-state index contributed by atoms with van der Waals surface area (Å²) in [4.78, 5) is 26.9. The van der Waals surface area contributed by atoms with Crippen molar-refractivity contribution in [2.24, 2.45) is 0 Å². The zero-order valence-electron chi connectivity index (χ0n) is 10.5. The summed E-state index contributed by atoms with van der Waals surface area (Å²) < 4.78 is 1.46. The fourth-order valence-electron chi connectivity index (χ4n) is 1.70. The molecular weight excluding hydrogens is 264 g/mol. The molecule has 0 amide bonds. The van der Waals surface area contributed by atoms with E-state index in [0.29, 0.717) is 6.54 Å². The van der Waals surface area contributed by atoms with Gasteiger partial charge in [-0.15, -0.1) is 11.3 Å². The van der Waals surface area contributed by atoms with Crippen molar-refractivity contribution in [2.45, 2.75) is 26.3 Å². The van der Waals surface area contributed by atoms with Crippen molar-refractivity contribution < 1.29 is 9.90 Å². The lowest BCUT2D eigenvalue weighted by Gasteiger charge is -2.03. The van der Waals surface area contributed by atoms with Crippen molar-refractivity contribution in [1.29, 1.82) is 0 Å². The van der Waals surface area contributed by atoms with E-state index in [4.69, 9.17) is 5.11 Å². The number of hydrogen-bond acceptors (Lipinski definition) is 4. The highest BCUT2D eigenvalue weighted by Crippen LogP contribution is 2.12. The first-order valence-electron chi connectivity index (χ1n) is 5.97. The fraction of sp³-hybridized carbons (Fsp3) is 0.308. The summed E-state index contributed by atoms with van der Waals surface area (Å²) >= 11 is 1.59. The van der Waals surface area contributed by atoms with Crippen LogP contribution in [0.3, 0.4) is 0 Å². The molecule has 0 bridgehead atoms. The van der Waals surface area contributed by atoms with Gasteiger partial charge in [-0.3, -0.25) is 4.79 Å². The average molecular weight is 278 g/mol. The normalized spacial score (nSPS) is 10.6. The second kappa shape index (κ2) is 5.79. The second-order valence-corrected chi connectivity index (χ2v) is 5.11. The van der Waals surface area contributed by atoms with E-state index in [1.807, 2.05) is 5.38 Å². The minimum atomic E-state index is -1.09. The van der Waals surface area contributed by atoms with Gasteiger partial charge in [0, 0.05) is 17.6 Å². The third kappa shape index (κ3) is 3.29. The van der Waals surface area contributed by atoms with Gasteiger partial charge in [0.1, 0.15) is 0 Å². The highest BCUT2D eigenvalue weighted by molar-refractivity contribution is 7.09. The molecule has 2 heterocycles. The number of nitrogens with zero attached hydrogens (tertiary/aromatic N) is 2. The van der Waals surface area contributed by atoms with Crippen LogP contribution in [0.4, 0.5) is 0 Å². The highest BCUT2D eigenvalue weighted by atomic mass is 32.1. The first-order valence-corrected chi connectivity index (χ1v) is 6.85. The zero-order chi connectivity index (χ0) is 13.8. The van der Waals surface area contributed by atoms with Crippen molar-refractivity contribution >= 4 is 17.3 Å². The lowest BCUT2D eigenvalue weighted by Crippen LogP contribution is -2.20. The van der Waals surface area contributed by atoms with Gasteiger partial charge in [-0.1, -0.05) is 6.92 Å². The van der Waals surface area contributed by atoms with E-state index in [0.717, 1.165) is 29.6 Å². The van der Waals surface area contributed by atoms with E-state index in [1.165, 1.54) is 16.8 Å². The van der Waals surface area contributed by atoms with E-state index in [1.54, 1.807) is 11.3 Å². The summed E-state index contributed by atoms with van der Waals surface area (Å²) in [5.41, 5.74) is 0.509. The van der Waals surface area contributed by atoms with Crippen molar-refractivity contribution in [3.8, 4) is 0 Å². The Bertz CT molecular complexity index is 645. The van der Waals surface area contributed by atoms with Crippen LogP contribution in [0.15, 0.2) is 28.5 Å². The number of thiazole rings is 1. The zero-order valence-corrected chi connectivity index (χ0v) is 11.3. The molecule has 0 radical (unpaired) electrons. The minimum absolute atomic E-state index is 0.00574. The van der Waals surface area contributed by atoms with Crippen LogP contribution in [0.2, 0.25) is 0 Å². The number of aromatic carboxylic acids is 1. The molecule has 0 saturated heterocycles. The molecule has 2 aromatic heterocycles. The van der Waals surface area contributed by atoms with Crippen molar-refractivity contribution in [1.82, 2.24) is 9.55 Å². The van der Waals surface area contributed by atoms with Crippen LogP contribution in [0.5, 0.6) is 0 Å². The van der Waals surface area contributed by atoms with Gasteiger partial charge in [-0.05, 0) is 18.9 Å². The molecule has 0 aliphatic carbocycles. The third-order valence-corrected chi connectivity index (χ3v) is 3.60. The van der Waals surface area contributed by atoms with Gasteiger partial charge in [-0.25, -0.2) is 9.78 Å². The van der Waals surface area contributed by atoms with E-state index in [9.17, 15) is 9.59 Å². The maximum Gasteiger partial charge on any atom is 0.335 e. The predicted molar refractivity (Wildman–Crippen MR) is 72.9 cm³/mol. The summed E-state index contributed by atoms with van der Waals surface area (Å²) in [6.45, 7) is 2.47. The summed E-state index contributed by atoms with van der Waals surface area (Å²) in [5.74, 6) is -1.09. The van der Waals surface area contributed by atoms with Crippen LogP contribution in [0, 0.1) is 0 Å². The standard InChI is InChI=1S/C13H14N2O3S/c1-2-3-11-14-10(8-19-11)7-15-5-4-9(13(17)18)6-12(15)16/h4-6,8H,2-3,7H2,1H3,(H,17,18). The maximum atomic E-state index is 11.8. The minimum Gasteiger partial charge on any atom is -0.478 e. The van der Waals surface area contributed by atoms with Gasteiger partial charge in [-0.2, -0.15) is 0 Å². The Balaban J connectivity index is 2.18. The SMILES string of the molecule is CCCc1nc(Cn2ccc(C(=O)O)cc2=O)cs1. The summed E-state index contributed by atoms with van der Waals surface area (Å²) in [6, 6.07) is 2.55. The molecule has 2 aromatic rings. The van der Waals surface area contributed by atoms with Gasteiger partial charge in [0.2, 0.25) is 0 Å². The van der Waals surface area contributed by atoms with Crippen LogP contribution >= 0.6 is 11.3 Å². The second-order valence-electron chi connectivity index (χ2n) is 4.17. The number of carbonyl (C=O) groups is 1. The van der Waals surface area contributed by atoms with Crippen LogP contribution < -0.4 is 5.56 Å². The number of rotatable bonds is 5. The van der Waals surface area contributed by atoms with E-state index >= 15 is 0 Å². The number of carboxylic acid groups (broad SMARTS) is 1. The van der Waals surface area contributed by atoms with Crippen molar-refractivity contribution in [2.75, 3.05) is 0 Å². The number of aromatic nitrogens is 2. The lowest BCUT2D eigenvalue weighted by molar-refractivity contribution is 0.0696. The largest absolute Gasteiger partial charge is 0.478 e. The quantitative estimate of drug-likeness (QED) is 0.908. The van der Waals surface area contributed by atoms with Crippen molar-refractivity contribution in [3.63, 3.8) is 0 Å². The summed E-state index contributed by atoms with van der Waals surface area (Å²) in [5, 5.41) is 11.8. The molecule has 0 fully saturated rings. The van der Waals surface area contributed by atoms with Gasteiger partial charge in [0.05, 0.1) is 22.8 Å². The highest BCUT2D eigenvalue weighted by Gasteiger charge is 2.07. The van der Waals surface area contributed by atoms with Crippen LogP contribution in [-0.4, -0.2) is 20.6 Å². The Hall–Kier alpha value is -1.95. The van der Waals surface area contributed by atoms with Gasteiger partial charge in [0.25, 0.3) is 5.56 Å². The van der Waals surface area contributed by atoms with Gasteiger partial charge >= 0.3 is 5.97 Å². The number of aryl methyl sites for hydroxylation is 1. The smallest absolute Gasteiger partial charge is 0.335 e. The van der Waals surface area contributed by atoms with Crippen LogP contribution in [-0.2, 0) is 13.0 Å². The topological polar surface area (TPSA) is 72.2 Å². The van der Waals surface area contributed by atoms with Crippen LogP contribution in [0.1, 0.15) is 34.4 Å². The molecular formula is C13H14N2O3S. The molecule has 1 N–H and O–H groups in total. The van der Waals surface area contributed by atoms with E-state index in [2.05, 4.69) is 11.9 Å². The molecule has 0 unspecified atom stereocenters. The Morgan fingerprint density at radius 2 is 2.32 bits per heavy atom. The molecule has 0 aliphatic heterocycles. The van der Waals surface area contributed by atoms with E-state index < -0.39 is 5.97 Å². The summed E-state index contributed by atoms with van der Waals surface area (Å²) in [6.07, 6.45) is 3.47. The fourth-order valence-corrected chi connectivity index (χ4v) is 2.59. The molecule has 5 nitrogen and oxygen atoms in total.